The topological polar surface area (TPSA) is 32.9 Å². The van der Waals surface area contributed by atoms with Gasteiger partial charge in [0.2, 0.25) is 0 Å². The molecule has 0 amide bonds. The summed E-state index contributed by atoms with van der Waals surface area (Å²) in [5.74, 6) is 0. The fourth-order valence-corrected chi connectivity index (χ4v) is 3.55. The van der Waals surface area contributed by atoms with E-state index in [9.17, 15) is 4.79 Å². The average Bonchev–Trinajstić information content (AvgIpc) is 2.58. The van der Waals surface area contributed by atoms with E-state index in [1.54, 1.807) is 6.20 Å². The van der Waals surface area contributed by atoms with Crippen LogP contribution in [0, 0.1) is 0 Å². The lowest BCUT2D eigenvalue weighted by molar-refractivity contribution is 0.112. The van der Waals surface area contributed by atoms with Crippen LogP contribution in [0.2, 0.25) is 19.6 Å². The summed E-state index contributed by atoms with van der Waals surface area (Å²) in [6.07, 6.45) is 2.73. The van der Waals surface area contributed by atoms with E-state index in [1.165, 1.54) is 5.19 Å². The van der Waals surface area contributed by atoms with Crippen molar-refractivity contribution in [2.24, 2.45) is 0 Å². The Labute approximate surface area is 90.3 Å². The number of hydrogen-bond acceptors (Lipinski definition) is 1. The monoisotopic (exact) mass is 217 g/mol. The number of aldehydes is 1. The van der Waals surface area contributed by atoms with Crippen LogP contribution in [0.15, 0.2) is 24.4 Å². The Morgan fingerprint density at radius 2 is 2.00 bits per heavy atom. The number of hydrogen-bond donors (Lipinski definition) is 1. The highest BCUT2D eigenvalue weighted by atomic mass is 28.3. The molecular formula is C12H15NOSi. The van der Waals surface area contributed by atoms with Gasteiger partial charge in [-0.3, -0.25) is 4.79 Å². The fourth-order valence-electron chi connectivity index (χ4n) is 1.93. The Morgan fingerprint density at radius 3 is 2.60 bits per heavy atom. The van der Waals surface area contributed by atoms with E-state index in [1.807, 2.05) is 6.07 Å². The van der Waals surface area contributed by atoms with Crippen LogP contribution in [0.3, 0.4) is 0 Å². The maximum Gasteiger partial charge on any atom is 0.152 e. The van der Waals surface area contributed by atoms with Gasteiger partial charge in [-0.1, -0.05) is 37.0 Å². The molecule has 0 bridgehead atoms. The maximum absolute atomic E-state index is 11.0. The van der Waals surface area contributed by atoms with Crippen molar-refractivity contribution in [1.29, 1.82) is 0 Å². The first-order valence-electron chi connectivity index (χ1n) is 5.10. The minimum Gasteiger partial charge on any atom is -0.360 e. The SMILES string of the molecule is C[Si](C)(C)c1cccc2[nH]cc(C=O)c12. The predicted molar refractivity (Wildman–Crippen MR) is 66.7 cm³/mol. The number of rotatable bonds is 2. The number of carbonyl (C=O) groups is 1. The summed E-state index contributed by atoms with van der Waals surface area (Å²) in [5.41, 5.74) is 1.85. The quantitative estimate of drug-likeness (QED) is 0.608. The summed E-state index contributed by atoms with van der Waals surface area (Å²) in [6.45, 7) is 6.88. The van der Waals surface area contributed by atoms with E-state index >= 15 is 0 Å². The maximum atomic E-state index is 11.0. The Morgan fingerprint density at radius 1 is 1.27 bits per heavy atom. The molecule has 0 saturated carbocycles. The number of H-pyrrole nitrogens is 1. The summed E-state index contributed by atoms with van der Waals surface area (Å²) in [4.78, 5) is 14.1. The zero-order valence-corrected chi connectivity index (χ0v) is 10.3. The molecule has 1 aromatic carbocycles. The molecule has 3 heteroatoms. The van der Waals surface area contributed by atoms with Crippen LogP contribution in [0.25, 0.3) is 10.9 Å². The summed E-state index contributed by atoms with van der Waals surface area (Å²) in [7, 11) is -1.39. The highest BCUT2D eigenvalue weighted by Gasteiger charge is 2.20. The molecule has 15 heavy (non-hydrogen) atoms. The van der Waals surface area contributed by atoms with Gasteiger partial charge in [0, 0.05) is 22.7 Å². The molecule has 2 aromatic rings. The third-order valence-electron chi connectivity index (χ3n) is 2.67. The van der Waals surface area contributed by atoms with Crippen LogP contribution in [-0.2, 0) is 0 Å². The number of nitrogens with one attached hydrogen (secondary N) is 1. The molecule has 0 unspecified atom stereocenters. The molecule has 0 radical (unpaired) electrons. The average molecular weight is 217 g/mol. The molecule has 0 aliphatic rings. The van der Waals surface area contributed by atoms with Gasteiger partial charge in [-0.05, 0) is 6.07 Å². The molecule has 0 atom stereocenters. The predicted octanol–water partition coefficient (Wildman–Crippen LogP) is 2.53. The van der Waals surface area contributed by atoms with Crippen LogP contribution in [0.5, 0.6) is 0 Å². The number of aromatic amines is 1. The fraction of sp³-hybridized carbons (Fsp3) is 0.250. The van der Waals surface area contributed by atoms with Crippen LogP contribution < -0.4 is 5.19 Å². The molecular weight excluding hydrogens is 202 g/mol. The second kappa shape index (κ2) is 3.34. The first kappa shape index (κ1) is 10.2. The molecule has 1 N–H and O–H groups in total. The second-order valence-electron chi connectivity index (χ2n) is 4.84. The second-order valence-corrected chi connectivity index (χ2v) is 9.88. The third-order valence-corrected chi connectivity index (χ3v) is 4.70. The van der Waals surface area contributed by atoms with Crippen molar-refractivity contribution in [3.05, 3.63) is 30.0 Å². The van der Waals surface area contributed by atoms with Crippen LogP contribution in [0.4, 0.5) is 0 Å². The minimum absolute atomic E-state index is 0.781. The molecule has 1 heterocycles. The van der Waals surface area contributed by atoms with Gasteiger partial charge in [-0.25, -0.2) is 0 Å². The summed E-state index contributed by atoms with van der Waals surface area (Å²) in [5, 5.41) is 2.47. The number of fused-ring (bicyclic) bond motifs is 1. The first-order chi connectivity index (χ1) is 7.04. The molecule has 0 aliphatic carbocycles. The minimum atomic E-state index is -1.39. The number of aromatic nitrogens is 1. The van der Waals surface area contributed by atoms with Crippen molar-refractivity contribution in [1.82, 2.24) is 4.98 Å². The third kappa shape index (κ3) is 1.63. The van der Waals surface area contributed by atoms with Crippen LogP contribution >= 0.6 is 0 Å². The van der Waals surface area contributed by atoms with Crippen molar-refractivity contribution in [2.75, 3.05) is 0 Å². The van der Waals surface area contributed by atoms with Gasteiger partial charge < -0.3 is 4.98 Å². The van der Waals surface area contributed by atoms with Gasteiger partial charge in [-0.15, -0.1) is 0 Å². The van der Waals surface area contributed by atoms with Crippen molar-refractivity contribution in [3.63, 3.8) is 0 Å². The smallest absolute Gasteiger partial charge is 0.152 e. The molecule has 78 valence electrons. The Kier molecular flexibility index (Phi) is 2.27. The van der Waals surface area contributed by atoms with E-state index in [2.05, 4.69) is 36.8 Å². The number of benzene rings is 1. The molecule has 0 fully saturated rings. The zero-order chi connectivity index (χ0) is 11.1. The lowest BCUT2D eigenvalue weighted by atomic mass is 10.2. The Balaban J connectivity index is 2.84. The van der Waals surface area contributed by atoms with E-state index in [0.29, 0.717) is 0 Å². The summed E-state index contributed by atoms with van der Waals surface area (Å²) < 4.78 is 0. The molecule has 2 nitrogen and oxygen atoms in total. The van der Waals surface area contributed by atoms with Gasteiger partial charge in [0.15, 0.2) is 6.29 Å². The van der Waals surface area contributed by atoms with Gasteiger partial charge in [0.25, 0.3) is 0 Å². The molecule has 0 saturated heterocycles. The molecule has 0 spiro atoms. The summed E-state index contributed by atoms with van der Waals surface area (Å²) in [6, 6.07) is 6.22. The highest BCUT2D eigenvalue weighted by Crippen LogP contribution is 2.18. The van der Waals surface area contributed by atoms with E-state index < -0.39 is 8.07 Å². The molecule has 0 aliphatic heterocycles. The number of carbonyl (C=O) groups excluding carboxylic acids is 1. The lowest BCUT2D eigenvalue weighted by Gasteiger charge is -2.18. The summed E-state index contributed by atoms with van der Waals surface area (Å²) >= 11 is 0. The van der Waals surface area contributed by atoms with Crippen molar-refractivity contribution in [2.45, 2.75) is 19.6 Å². The normalized spacial score (nSPS) is 11.9. The van der Waals surface area contributed by atoms with Crippen molar-refractivity contribution >= 4 is 30.4 Å². The van der Waals surface area contributed by atoms with E-state index in [-0.39, 0.29) is 0 Å². The van der Waals surface area contributed by atoms with E-state index in [0.717, 1.165) is 22.8 Å². The molecule has 2 rings (SSSR count). The van der Waals surface area contributed by atoms with E-state index in [4.69, 9.17) is 0 Å². The molecule has 1 aromatic heterocycles. The van der Waals surface area contributed by atoms with Gasteiger partial charge >= 0.3 is 0 Å². The first-order valence-corrected chi connectivity index (χ1v) is 8.60. The highest BCUT2D eigenvalue weighted by molar-refractivity contribution is 6.90. The Hall–Kier alpha value is -1.35. The van der Waals surface area contributed by atoms with Crippen LogP contribution in [-0.4, -0.2) is 19.3 Å². The van der Waals surface area contributed by atoms with Crippen molar-refractivity contribution in [3.8, 4) is 0 Å². The Bertz CT molecular complexity index is 508. The largest absolute Gasteiger partial charge is 0.360 e. The van der Waals surface area contributed by atoms with Crippen LogP contribution in [0.1, 0.15) is 10.4 Å². The van der Waals surface area contributed by atoms with Crippen molar-refractivity contribution < 1.29 is 4.79 Å². The standard InChI is InChI=1S/C12H15NOSi/c1-15(2,3)11-6-4-5-10-12(11)9(8-14)7-13-10/h4-8,13H,1-3H3. The van der Waals surface area contributed by atoms with Gasteiger partial charge in [-0.2, -0.15) is 0 Å². The lowest BCUT2D eigenvalue weighted by Crippen LogP contribution is -2.38. The van der Waals surface area contributed by atoms with Gasteiger partial charge in [0.05, 0.1) is 8.07 Å². The zero-order valence-electron chi connectivity index (χ0n) is 9.29. The van der Waals surface area contributed by atoms with Gasteiger partial charge in [0.1, 0.15) is 0 Å².